The Kier molecular flexibility index (Phi) is 5.48. The van der Waals surface area contributed by atoms with E-state index < -0.39 is 0 Å². The summed E-state index contributed by atoms with van der Waals surface area (Å²) in [6.45, 7) is 2.33. The normalized spacial score (nSPS) is 21.7. The summed E-state index contributed by atoms with van der Waals surface area (Å²) in [7, 11) is 0. The molecule has 3 N–H and O–H groups in total. The third kappa shape index (κ3) is 4.73. The van der Waals surface area contributed by atoms with Crippen molar-refractivity contribution in [1.82, 2.24) is 10.2 Å². The van der Waals surface area contributed by atoms with Gasteiger partial charge in [-0.25, -0.2) is 0 Å². The highest BCUT2D eigenvalue weighted by Crippen LogP contribution is 2.17. The van der Waals surface area contributed by atoms with Gasteiger partial charge in [-0.05, 0) is 32.1 Å². The molecule has 1 aliphatic heterocycles. The monoisotopic (exact) mass is 266 g/mol. The fraction of sp³-hybridized carbons (Fsp3) is 0.857. The second-order valence-corrected chi connectivity index (χ2v) is 5.58. The zero-order chi connectivity index (χ0) is 13.5. The Morgan fingerprint density at radius 3 is 2.53 bits per heavy atom. The van der Waals surface area contributed by atoms with E-state index in [9.17, 15) is 4.79 Å². The summed E-state index contributed by atoms with van der Waals surface area (Å²) in [5.41, 5.74) is 5.83. The predicted molar refractivity (Wildman–Crippen MR) is 76.9 cm³/mol. The van der Waals surface area contributed by atoms with Crippen LogP contribution in [0.15, 0.2) is 4.99 Å². The molecule has 1 saturated carbocycles. The highest BCUT2D eigenvalue weighted by atomic mass is 16.2. The Hall–Kier alpha value is -1.26. The van der Waals surface area contributed by atoms with Crippen LogP contribution in [0.1, 0.15) is 51.4 Å². The average Bonchev–Trinajstić information content (AvgIpc) is 2.92. The maximum Gasteiger partial charge on any atom is 0.224 e. The molecule has 0 atom stereocenters. The Bertz CT molecular complexity index is 317. The zero-order valence-corrected chi connectivity index (χ0v) is 11.7. The second kappa shape index (κ2) is 7.36. The van der Waals surface area contributed by atoms with Crippen LogP contribution in [-0.2, 0) is 4.79 Å². The van der Waals surface area contributed by atoms with E-state index in [-0.39, 0.29) is 5.91 Å². The van der Waals surface area contributed by atoms with Gasteiger partial charge in [0.25, 0.3) is 0 Å². The molecule has 19 heavy (non-hydrogen) atoms. The standard InChI is InChI=1S/C14H26N4O/c15-14(17-12-6-2-3-7-12)16-9-8-13(19)18-10-4-1-5-11-18/h12H,1-11H2,(H3,15,16,17). The third-order valence-corrected chi connectivity index (χ3v) is 4.02. The van der Waals surface area contributed by atoms with Gasteiger partial charge in [0.2, 0.25) is 5.91 Å². The quantitative estimate of drug-likeness (QED) is 0.594. The number of rotatable bonds is 4. The molecule has 0 aromatic rings. The molecule has 0 radical (unpaired) electrons. The molecule has 0 unspecified atom stereocenters. The lowest BCUT2D eigenvalue weighted by molar-refractivity contribution is -0.131. The van der Waals surface area contributed by atoms with Gasteiger partial charge in [-0.15, -0.1) is 0 Å². The number of carbonyl (C=O) groups excluding carboxylic acids is 1. The van der Waals surface area contributed by atoms with E-state index >= 15 is 0 Å². The van der Waals surface area contributed by atoms with Crippen LogP contribution in [0.3, 0.4) is 0 Å². The summed E-state index contributed by atoms with van der Waals surface area (Å²) in [5.74, 6) is 0.718. The van der Waals surface area contributed by atoms with Crippen molar-refractivity contribution >= 4 is 11.9 Å². The number of aliphatic imine (C=N–C) groups is 1. The molecule has 0 spiro atoms. The first-order valence-corrected chi connectivity index (χ1v) is 7.60. The smallest absolute Gasteiger partial charge is 0.224 e. The van der Waals surface area contributed by atoms with Crippen LogP contribution in [0.2, 0.25) is 0 Å². The number of hydrogen-bond acceptors (Lipinski definition) is 2. The molecule has 1 heterocycles. The van der Waals surface area contributed by atoms with E-state index in [1.54, 1.807) is 0 Å². The van der Waals surface area contributed by atoms with Gasteiger partial charge in [0.15, 0.2) is 5.96 Å². The topological polar surface area (TPSA) is 70.7 Å². The lowest BCUT2D eigenvalue weighted by atomic mass is 10.1. The van der Waals surface area contributed by atoms with Crippen molar-refractivity contribution in [3.8, 4) is 0 Å². The van der Waals surface area contributed by atoms with Crippen LogP contribution in [0.25, 0.3) is 0 Å². The van der Waals surface area contributed by atoms with E-state index in [4.69, 9.17) is 5.73 Å². The van der Waals surface area contributed by atoms with E-state index in [1.165, 1.54) is 32.1 Å². The molecular formula is C14H26N4O. The van der Waals surface area contributed by atoms with Crippen molar-refractivity contribution in [2.24, 2.45) is 10.7 Å². The van der Waals surface area contributed by atoms with Gasteiger partial charge in [-0.3, -0.25) is 9.79 Å². The van der Waals surface area contributed by atoms with Gasteiger partial charge in [0.05, 0.1) is 6.54 Å². The molecule has 0 aromatic heterocycles. The zero-order valence-electron chi connectivity index (χ0n) is 11.7. The Labute approximate surface area is 115 Å². The number of guanidine groups is 1. The summed E-state index contributed by atoms with van der Waals surface area (Å²) in [4.78, 5) is 18.1. The van der Waals surface area contributed by atoms with Crippen molar-refractivity contribution in [2.75, 3.05) is 19.6 Å². The highest BCUT2D eigenvalue weighted by molar-refractivity contribution is 5.79. The van der Waals surface area contributed by atoms with Gasteiger partial charge >= 0.3 is 0 Å². The van der Waals surface area contributed by atoms with Gasteiger partial charge in [0, 0.05) is 25.6 Å². The molecule has 1 aliphatic carbocycles. The summed E-state index contributed by atoms with van der Waals surface area (Å²) in [5, 5.41) is 3.23. The first-order valence-electron chi connectivity index (χ1n) is 7.60. The first-order chi connectivity index (χ1) is 9.25. The number of piperidine rings is 1. The van der Waals surface area contributed by atoms with Gasteiger partial charge in [0.1, 0.15) is 0 Å². The summed E-state index contributed by atoms with van der Waals surface area (Å²) in [6, 6.07) is 0.488. The number of hydrogen-bond donors (Lipinski definition) is 2. The Balaban J connectivity index is 1.64. The molecule has 5 nitrogen and oxygen atoms in total. The molecule has 5 heteroatoms. The predicted octanol–water partition coefficient (Wildman–Crippen LogP) is 1.24. The van der Waals surface area contributed by atoms with Crippen LogP contribution < -0.4 is 11.1 Å². The number of carbonyl (C=O) groups is 1. The highest BCUT2D eigenvalue weighted by Gasteiger charge is 2.16. The molecule has 2 fully saturated rings. The van der Waals surface area contributed by atoms with E-state index in [1.807, 2.05) is 4.90 Å². The van der Waals surface area contributed by atoms with Crippen LogP contribution >= 0.6 is 0 Å². The van der Waals surface area contributed by atoms with Gasteiger partial charge in [-0.1, -0.05) is 12.8 Å². The summed E-state index contributed by atoms with van der Waals surface area (Å²) >= 11 is 0. The molecule has 0 bridgehead atoms. The Morgan fingerprint density at radius 1 is 1.16 bits per heavy atom. The summed E-state index contributed by atoms with van der Waals surface area (Å²) in [6.07, 6.45) is 8.93. The second-order valence-electron chi connectivity index (χ2n) is 5.58. The maximum atomic E-state index is 11.9. The maximum absolute atomic E-state index is 11.9. The van der Waals surface area contributed by atoms with Crippen molar-refractivity contribution in [3.63, 3.8) is 0 Å². The molecule has 2 aliphatic rings. The number of nitrogens with zero attached hydrogens (tertiary/aromatic N) is 2. The van der Waals surface area contributed by atoms with Crippen LogP contribution in [0, 0.1) is 0 Å². The van der Waals surface area contributed by atoms with Crippen LogP contribution in [0.5, 0.6) is 0 Å². The summed E-state index contributed by atoms with van der Waals surface area (Å²) < 4.78 is 0. The van der Waals surface area contributed by atoms with Crippen LogP contribution in [-0.4, -0.2) is 42.4 Å². The van der Waals surface area contributed by atoms with E-state index in [0.717, 1.165) is 25.9 Å². The third-order valence-electron chi connectivity index (χ3n) is 4.02. The molecule has 1 saturated heterocycles. The first kappa shape index (κ1) is 14.2. The number of likely N-dealkylation sites (tertiary alicyclic amines) is 1. The number of nitrogens with one attached hydrogen (secondary N) is 1. The van der Waals surface area contributed by atoms with E-state index in [2.05, 4.69) is 10.3 Å². The SMILES string of the molecule is NC(=NCCC(=O)N1CCCCC1)NC1CCCC1. The van der Waals surface area contributed by atoms with Crippen molar-refractivity contribution in [2.45, 2.75) is 57.4 Å². The van der Waals surface area contributed by atoms with E-state index in [0.29, 0.717) is 25.0 Å². The van der Waals surface area contributed by atoms with Gasteiger partial charge < -0.3 is 16.0 Å². The Morgan fingerprint density at radius 2 is 1.84 bits per heavy atom. The average molecular weight is 266 g/mol. The van der Waals surface area contributed by atoms with Crippen molar-refractivity contribution in [3.05, 3.63) is 0 Å². The molecule has 2 rings (SSSR count). The van der Waals surface area contributed by atoms with Crippen molar-refractivity contribution < 1.29 is 4.79 Å². The molecule has 1 amide bonds. The minimum absolute atomic E-state index is 0.220. The number of nitrogens with two attached hydrogens (primary N) is 1. The minimum Gasteiger partial charge on any atom is -0.370 e. The minimum atomic E-state index is 0.220. The largest absolute Gasteiger partial charge is 0.370 e. The molecular weight excluding hydrogens is 240 g/mol. The fourth-order valence-corrected chi connectivity index (χ4v) is 2.90. The van der Waals surface area contributed by atoms with Gasteiger partial charge in [-0.2, -0.15) is 0 Å². The lowest BCUT2D eigenvalue weighted by Crippen LogP contribution is -2.39. The van der Waals surface area contributed by atoms with Crippen LogP contribution in [0.4, 0.5) is 0 Å². The van der Waals surface area contributed by atoms with Crippen molar-refractivity contribution in [1.29, 1.82) is 0 Å². The lowest BCUT2D eigenvalue weighted by Gasteiger charge is -2.26. The molecule has 0 aromatic carbocycles. The molecule has 108 valence electrons. The number of amides is 1. The fourth-order valence-electron chi connectivity index (χ4n) is 2.90.